The van der Waals surface area contributed by atoms with Gasteiger partial charge in [-0.25, -0.2) is 17.5 Å². The molecule has 0 aromatic heterocycles. The molecule has 0 unspecified atom stereocenters. The summed E-state index contributed by atoms with van der Waals surface area (Å²) in [4.78, 5) is -0.159. The lowest BCUT2D eigenvalue weighted by atomic mass is 9.99. The van der Waals surface area contributed by atoms with Crippen LogP contribution in [0.3, 0.4) is 0 Å². The number of rotatable bonds is 6. The van der Waals surface area contributed by atoms with Gasteiger partial charge in [0.25, 0.3) is 0 Å². The second-order valence-corrected chi connectivity index (χ2v) is 8.14. The van der Waals surface area contributed by atoms with Crippen molar-refractivity contribution in [2.45, 2.75) is 30.6 Å². The number of hydrogen-bond acceptors (Lipinski definition) is 3. The molecule has 116 valence electrons. The van der Waals surface area contributed by atoms with Crippen molar-refractivity contribution < 1.29 is 12.8 Å². The van der Waals surface area contributed by atoms with Crippen molar-refractivity contribution in [1.82, 2.24) is 4.72 Å². The van der Waals surface area contributed by atoms with E-state index in [9.17, 15) is 12.8 Å². The molecule has 1 aromatic carbocycles. The number of benzene rings is 1. The Balaban J connectivity index is 1.75. The van der Waals surface area contributed by atoms with Crippen molar-refractivity contribution in [2.24, 2.45) is 17.8 Å². The van der Waals surface area contributed by atoms with Crippen molar-refractivity contribution in [2.75, 3.05) is 12.3 Å². The predicted molar refractivity (Wildman–Crippen MR) is 79.9 cm³/mol. The number of anilines is 1. The standard InChI is InChI=1S/C14H18ClFN2O2S/c15-11-5-12(16)13(17)6-14(11)21(19,20)18-7-10(8-1-2-8)9-3-4-9/h5-6,8-10,18H,1-4,7,17H2. The predicted octanol–water partition coefficient (Wildman–Crippen LogP) is 2.78. The van der Waals surface area contributed by atoms with Gasteiger partial charge in [0, 0.05) is 6.54 Å². The van der Waals surface area contributed by atoms with Gasteiger partial charge in [0.1, 0.15) is 10.7 Å². The number of sulfonamides is 1. The first kappa shape index (κ1) is 15.1. The van der Waals surface area contributed by atoms with Crippen LogP contribution in [0.15, 0.2) is 17.0 Å². The summed E-state index contributed by atoms with van der Waals surface area (Å²) < 4.78 is 40.5. The lowest BCUT2D eigenvalue weighted by molar-refractivity contribution is 0.401. The van der Waals surface area contributed by atoms with Gasteiger partial charge in [-0.2, -0.15) is 0 Å². The van der Waals surface area contributed by atoms with Crippen LogP contribution in [0.1, 0.15) is 25.7 Å². The summed E-state index contributed by atoms with van der Waals surface area (Å²) in [7, 11) is -3.77. The SMILES string of the molecule is Nc1cc(S(=O)(=O)NCC(C2CC2)C2CC2)c(Cl)cc1F. The van der Waals surface area contributed by atoms with E-state index in [-0.39, 0.29) is 15.6 Å². The molecular weight excluding hydrogens is 315 g/mol. The average molecular weight is 333 g/mol. The van der Waals surface area contributed by atoms with Gasteiger partial charge in [0.15, 0.2) is 0 Å². The van der Waals surface area contributed by atoms with Gasteiger partial charge in [-0.1, -0.05) is 11.6 Å². The Labute approximate surface area is 128 Å². The minimum atomic E-state index is -3.77. The van der Waals surface area contributed by atoms with Crippen molar-refractivity contribution in [3.05, 3.63) is 23.0 Å². The van der Waals surface area contributed by atoms with E-state index in [4.69, 9.17) is 17.3 Å². The molecule has 0 saturated heterocycles. The van der Waals surface area contributed by atoms with Gasteiger partial charge in [-0.05, 0) is 55.6 Å². The molecule has 0 spiro atoms. The molecule has 0 atom stereocenters. The molecular formula is C14H18ClFN2O2S. The number of hydrogen-bond donors (Lipinski definition) is 2. The van der Waals surface area contributed by atoms with Crippen LogP contribution in [0, 0.1) is 23.6 Å². The average Bonchev–Trinajstić information content (AvgIpc) is 3.25. The van der Waals surface area contributed by atoms with Crippen LogP contribution in [-0.2, 0) is 10.0 Å². The minimum Gasteiger partial charge on any atom is -0.396 e. The third kappa shape index (κ3) is 3.33. The number of halogens is 2. The van der Waals surface area contributed by atoms with Crippen LogP contribution in [0.4, 0.5) is 10.1 Å². The smallest absolute Gasteiger partial charge is 0.242 e. The normalized spacial score (nSPS) is 19.2. The van der Waals surface area contributed by atoms with Crippen molar-refractivity contribution in [1.29, 1.82) is 0 Å². The van der Waals surface area contributed by atoms with E-state index in [2.05, 4.69) is 4.72 Å². The van der Waals surface area contributed by atoms with E-state index in [1.807, 2.05) is 0 Å². The van der Waals surface area contributed by atoms with Gasteiger partial charge in [0.2, 0.25) is 10.0 Å². The highest BCUT2D eigenvalue weighted by Gasteiger charge is 2.41. The van der Waals surface area contributed by atoms with E-state index in [0.717, 1.165) is 12.1 Å². The lowest BCUT2D eigenvalue weighted by Gasteiger charge is -2.17. The van der Waals surface area contributed by atoms with E-state index in [0.29, 0.717) is 24.3 Å². The van der Waals surface area contributed by atoms with Crippen molar-refractivity contribution in [3.63, 3.8) is 0 Å². The Morgan fingerprint density at radius 2 is 1.86 bits per heavy atom. The maximum absolute atomic E-state index is 13.3. The Hall–Kier alpha value is -0.850. The number of nitrogens with two attached hydrogens (primary N) is 1. The molecule has 1 aromatic rings. The minimum absolute atomic E-state index is 0.149. The van der Waals surface area contributed by atoms with Gasteiger partial charge in [0.05, 0.1) is 10.7 Å². The summed E-state index contributed by atoms with van der Waals surface area (Å²) in [6, 6.07) is 2.01. The summed E-state index contributed by atoms with van der Waals surface area (Å²) in [5, 5.41) is -0.149. The van der Waals surface area contributed by atoms with Gasteiger partial charge < -0.3 is 5.73 Å². The van der Waals surface area contributed by atoms with Gasteiger partial charge in [-0.3, -0.25) is 0 Å². The second-order valence-electron chi connectivity index (χ2n) is 5.99. The Bertz CT molecular complexity index is 645. The molecule has 2 aliphatic rings. The Kier molecular flexibility index (Phi) is 3.88. The van der Waals surface area contributed by atoms with Crippen molar-refractivity contribution in [3.8, 4) is 0 Å². The largest absolute Gasteiger partial charge is 0.396 e. The van der Waals surface area contributed by atoms with Crippen LogP contribution in [-0.4, -0.2) is 15.0 Å². The van der Waals surface area contributed by atoms with Crippen LogP contribution < -0.4 is 10.5 Å². The zero-order valence-electron chi connectivity index (χ0n) is 11.5. The van der Waals surface area contributed by atoms with Gasteiger partial charge >= 0.3 is 0 Å². The maximum Gasteiger partial charge on any atom is 0.242 e. The Morgan fingerprint density at radius 3 is 2.38 bits per heavy atom. The van der Waals surface area contributed by atoms with E-state index < -0.39 is 15.8 Å². The van der Waals surface area contributed by atoms with E-state index in [1.165, 1.54) is 25.7 Å². The molecule has 2 fully saturated rings. The van der Waals surface area contributed by atoms with Crippen LogP contribution in [0.2, 0.25) is 5.02 Å². The third-order valence-corrected chi connectivity index (χ3v) is 6.19. The summed E-state index contributed by atoms with van der Waals surface area (Å²) in [6.45, 7) is 0.422. The Morgan fingerprint density at radius 1 is 1.29 bits per heavy atom. The topological polar surface area (TPSA) is 72.2 Å². The first-order valence-electron chi connectivity index (χ1n) is 7.12. The summed E-state index contributed by atoms with van der Waals surface area (Å²) in [5.41, 5.74) is 5.21. The highest BCUT2D eigenvalue weighted by atomic mass is 35.5. The first-order chi connectivity index (χ1) is 9.88. The first-order valence-corrected chi connectivity index (χ1v) is 8.99. The second kappa shape index (κ2) is 5.41. The number of nitrogens with one attached hydrogen (secondary N) is 1. The van der Waals surface area contributed by atoms with E-state index in [1.54, 1.807) is 0 Å². The molecule has 2 aliphatic carbocycles. The highest BCUT2D eigenvalue weighted by Crippen LogP contribution is 2.49. The highest BCUT2D eigenvalue weighted by molar-refractivity contribution is 7.89. The fourth-order valence-electron chi connectivity index (χ4n) is 2.80. The molecule has 0 radical (unpaired) electrons. The molecule has 0 amide bonds. The van der Waals surface area contributed by atoms with Crippen LogP contribution in [0.25, 0.3) is 0 Å². The fraction of sp³-hybridized carbons (Fsp3) is 0.571. The summed E-state index contributed by atoms with van der Waals surface area (Å²) in [6.07, 6.45) is 4.75. The molecule has 0 heterocycles. The zero-order chi connectivity index (χ0) is 15.2. The zero-order valence-corrected chi connectivity index (χ0v) is 13.1. The molecule has 3 N–H and O–H groups in total. The van der Waals surface area contributed by atoms with Crippen LogP contribution >= 0.6 is 11.6 Å². The number of nitrogen functional groups attached to an aromatic ring is 1. The molecule has 0 bridgehead atoms. The quantitative estimate of drug-likeness (QED) is 0.787. The lowest BCUT2D eigenvalue weighted by Crippen LogP contribution is -2.31. The fourth-order valence-corrected chi connectivity index (χ4v) is 4.42. The third-order valence-electron chi connectivity index (χ3n) is 4.30. The van der Waals surface area contributed by atoms with Crippen LogP contribution in [0.5, 0.6) is 0 Å². The molecule has 21 heavy (non-hydrogen) atoms. The van der Waals surface area contributed by atoms with Crippen molar-refractivity contribution >= 4 is 27.3 Å². The van der Waals surface area contributed by atoms with E-state index >= 15 is 0 Å². The summed E-state index contributed by atoms with van der Waals surface area (Å²) in [5.74, 6) is 0.993. The molecule has 7 heteroatoms. The summed E-state index contributed by atoms with van der Waals surface area (Å²) >= 11 is 5.84. The molecule has 3 rings (SSSR count). The molecule has 2 saturated carbocycles. The molecule has 4 nitrogen and oxygen atoms in total. The molecule has 0 aliphatic heterocycles. The maximum atomic E-state index is 13.3. The van der Waals surface area contributed by atoms with Gasteiger partial charge in [-0.15, -0.1) is 0 Å². The monoisotopic (exact) mass is 332 g/mol.